The largest absolute Gasteiger partial charge is 0.493 e. The molecule has 2 aromatic rings. The number of ketones is 1. The zero-order chi connectivity index (χ0) is 17.0. The van der Waals surface area contributed by atoms with Gasteiger partial charge in [0.2, 0.25) is 0 Å². The molecule has 0 N–H and O–H groups in total. The molecule has 1 aromatic heterocycles. The van der Waals surface area contributed by atoms with Crippen LogP contribution in [-0.4, -0.2) is 32.6 Å². The number of rotatable bonds is 6. The Morgan fingerprint density at radius 2 is 1.74 bits per heavy atom. The van der Waals surface area contributed by atoms with E-state index in [1.165, 1.54) is 14.2 Å². The average molecular weight is 318 g/mol. The quantitative estimate of drug-likeness (QED) is 0.602. The highest BCUT2D eigenvalue weighted by molar-refractivity contribution is 6.00. The molecule has 0 radical (unpaired) electrons. The van der Waals surface area contributed by atoms with Crippen molar-refractivity contribution in [2.75, 3.05) is 20.8 Å². The lowest BCUT2D eigenvalue weighted by molar-refractivity contribution is 0.0473. The lowest BCUT2D eigenvalue weighted by Gasteiger charge is -2.09. The SMILES string of the molecule is COc1ccc(C(=O)COC(=O)c2cc(C)oc2C)cc1OC. The van der Waals surface area contributed by atoms with E-state index < -0.39 is 5.97 Å². The van der Waals surface area contributed by atoms with Crippen LogP contribution in [0, 0.1) is 13.8 Å². The Morgan fingerprint density at radius 3 is 2.30 bits per heavy atom. The molecule has 6 heteroatoms. The van der Waals surface area contributed by atoms with Crippen molar-refractivity contribution in [3.63, 3.8) is 0 Å². The minimum Gasteiger partial charge on any atom is -0.493 e. The highest BCUT2D eigenvalue weighted by atomic mass is 16.5. The minimum absolute atomic E-state index is 0.322. The molecule has 0 bridgehead atoms. The van der Waals surface area contributed by atoms with Crippen molar-refractivity contribution in [3.05, 3.63) is 46.9 Å². The molecule has 122 valence electrons. The summed E-state index contributed by atoms with van der Waals surface area (Å²) in [5.41, 5.74) is 0.693. The van der Waals surface area contributed by atoms with E-state index in [1.807, 2.05) is 0 Å². The molecule has 0 fully saturated rings. The van der Waals surface area contributed by atoms with Gasteiger partial charge in [0.1, 0.15) is 17.1 Å². The molecule has 0 spiro atoms. The first-order valence-electron chi connectivity index (χ1n) is 6.95. The highest BCUT2D eigenvalue weighted by Gasteiger charge is 2.17. The van der Waals surface area contributed by atoms with E-state index in [2.05, 4.69) is 0 Å². The summed E-state index contributed by atoms with van der Waals surface area (Å²) in [6.45, 7) is 3.04. The number of hydrogen-bond acceptors (Lipinski definition) is 6. The first-order valence-corrected chi connectivity index (χ1v) is 6.95. The van der Waals surface area contributed by atoms with E-state index in [1.54, 1.807) is 38.1 Å². The van der Waals surface area contributed by atoms with E-state index in [-0.39, 0.29) is 12.4 Å². The zero-order valence-electron chi connectivity index (χ0n) is 13.5. The number of esters is 1. The highest BCUT2D eigenvalue weighted by Crippen LogP contribution is 2.27. The third-order valence-corrected chi connectivity index (χ3v) is 3.30. The third kappa shape index (κ3) is 3.71. The molecule has 23 heavy (non-hydrogen) atoms. The smallest absolute Gasteiger partial charge is 0.342 e. The van der Waals surface area contributed by atoms with Gasteiger partial charge in [-0.3, -0.25) is 4.79 Å². The summed E-state index contributed by atoms with van der Waals surface area (Å²) in [4.78, 5) is 24.1. The maximum Gasteiger partial charge on any atom is 0.342 e. The molecule has 2 rings (SSSR count). The number of benzene rings is 1. The fraction of sp³-hybridized carbons (Fsp3) is 0.294. The van der Waals surface area contributed by atoms with Crippen LogP contribution in [0.1, 0.15) is 32.2 Å². The predicted molar refractivity (Wildman–Crippen MR) is 82.3 cm³/mol. The topological polar surface area (TPSA) is 75.0 Å². The molecule has 0 aliphatic heterocycles. The van der Waals surface area contributed by atoms with Gasteiger partial charge >= 0.3 is 5.97 Å². The molecule has 1 heterocycles. The van der Waals surface area contributed by atoms with Crippen molar-refractivity contribution in [2.45, 2.75) is 13.8 Å². The van der Waals surface area contributed by atoms with Crippen molar-refractivity contribution in [1.29, 1.82) is 0 Å². The van der Waals surface area contributed by atoms with Crippen molar-refractivity contribution in [2.24, 2.45) is 0 Å². The summed E-state index contributed by atoms with van der Waals surface area (Å²) >= 11 is 0. The fourth-order valence-corrected chi connectivity index (χ4v) is 2.14. The summed E-state index contributed by atoms with van der Waals surface area (Å²) in [6, 6.07) is 6.34. The van der Waals surface area contributed by atoms with Gasteiger partial charge in [0.15, 0.2) is 23.9 Å². The average Bonchev–Trinajstić information content (AvgIpc) is 2.90. The van der Waals surface area contributed by atoms with Crippen molar-refractivity contribution >= 4 is 11.8 Å². The van der Waals surface area contributed by atoms with Crippen molar-refractivity contribution in [1.82, 2.24) is 0 Å². The van der Waals surface area contributed by atoms with Gasteiger partial charge in [-0.15, -0.1) is 0 Å². The first kappa shape index (κ1) is 16.6. The number of furan rings is 1. The Hall–Kier alpha value is -2.76. The van der Waals surface area contributed by atoms with Gasteiger partial charge < -0.3 is 18.6 Å². The van der Waals surface area contributed by atoms with E-state index in [4.69, 9.17) is 18.6 Å². The van der Waals surface area contributed by atoms with Gasteiger partial charge in [0.25, 0.3) is 0 Å². The number of aryl methyl sites for hydroxylation is 2. The number of carbonyl (C=O) groups excluding carboxylic acids is 2. The zero-order valence-corrected chi connectivity index (χ0v) is 13.5. The Labute approximate surface area is 134 Å². The maximum atomic E-state index is 12.1. The van der Waals surface area contributed by atoms with Crippen LogP contribution < -0.4 is 9.47 Å². The first-order chi connectivity index (χ1) is 11.0. The summed E-state index contributed by atoms with van der Waals surface area (Å²) in [5.74, 6) is 1.11. The second-order valence-electron chi connectivity index (χ2n) is 4.90. The summed E-state index contributed by atoms with van der Waals surface area (Å²) in [7, 11) is 2.99. The third-order valence-electron chi connectivity index (χ3n) is 3.30. The maximum absolute atomic E-state index is 12.1. The number of Topliss-reactive ketones (excluding diaryl/α,β-unsaturated/α-hetero) is 1. The van der Waals surface area contributed by atoms with E-state index >= 15 is 0 Å². The predicted octanol–water partition coefficient (Wildman–Crippen LogP) is 2.95. The summed E-state index contributed by atoms with van der Waals surface area (Å²) in [6.07, 6.45) is 0. The van der Waals surface area contributed by atoms with Gasteiger partial charge in [-0.1, -0.05) is 0 Å². The molecule has 0 saturated heterocycles. The molecule has 0 aliphatic carbocycles. The van der Waals surface area contributed by atoms with Crippen LogP contribution >= 0.6 is 0 Å². The second kappa shape index (κ2) is 7.00. The van der Waals surface area contributed by atoms with Crippen LogP contribution in [0.2, 0.25) is 0 Å². The Bertz CT molecular complexity index is 729. The molecule has 0 unspecified atom stereocenters. The minimum atomic E-state index is -0.590. The van der Waals surface area contributed by atoms with Crippen molar-refractivity contribution in [3.8, 4) is 11.5 Å². The number of hydrogen-bond donors (Lipinski definition) is 0. The van der Waals surface area contributed by atoms with Gasteiger partial charge in [-0.25, -0.2) is 4.79 Å². The summed E-state index contributed by atoms with van der Waals surface area (Å²) < 4.78 is 20.6. The molecule has 1 aromatic carbocycles. The number of carbonyl (C=O) groups is 2. The van der Waals surface area contributed by atoms with Crippen LogP contribution in [0.25, 0.3) is 0 Å². The van der Waals surface area contributed by atoms with Crippen molar-refractivity contribution < 1.29 is 28.2 Å². The molecule has 6 nitrogen and oxygen atoms in total. The normalized spacial score (nSPS) is 10.3. The van der Waals surface area contributed by atoms with Gasteiger partial charge in [0, 0.05) is 5.56 Å². The van der Waals surface area contributed by atoms with Crippen LogP contribution in [-0.2, 0) is 4.74 Å². The molecule has 0 atom stereocenters. The fourth-order valence-electron chi connectivity index (χ4n) is 2.14. The van der Waals surface area contributed by atoms with Crippen LogP contribution in [0.15, 0.2) is 28.7 Å². The Kier molecular flexibility index (Phi) is 5.05. The molecular formula is C17H18O6. The second-order valence-corrected chi connectivity index (χ2v) is 4.90. The van der Waals surface area contributed by atoms with E-state index in [9.17, 15) is 9.59 Å². The van der Waals surface area contributed by atoms with Gasteiger partial charge in [-0.2, -0.15) is 0 Å². The molecule has 0 aliphatic rings. The lowest BCUT2D eigenvalue weighted by Crippen LogP contribution is -2.14. The van der Waals surface area contributed by atoms with Crippen LogP contribution in [0.4, 0.5) is 0 Å². The summed E-state index contributed by atoms with van der Waals surface area (Å²) in [5, 5.41) is 0. The van der Waals surface area contributed by atoms with E-state index in [0.29, 0.717) is 34.1 Å². The van der Waals surface area contributed by atoms with Gasteiger partial charge in [0.05, 0.1) is 14.2 Å². The van der Waals surface area contributed by atoms with Crippen LogP contribution in [0.5, 0.6) is 11.5 Å². The van der Waals surface area contributed by atoms with Crippen LogP contribution in [0.3, 0.4) is 0 Å². The standard InChI is InChI=1S/C17H18O6/c1-10-7-13(11(2)23-10)17(19)22-9-14(18)12-5-6-15(20-3)16(8-12)21-4/h5-8H,9H2,1-4H3. The van der Waals surface area contributed by atoms with E-state index in [0.717, 1.165) is 0 Å². The molecule has 0 amide bonds. The lowest BCUT2D eigenvalue weighted by atomic mass is 10.1. The number of methoxy groups -OCH3 is 2. The molecular weight excluding hydrogens is 300 g/mol. The number of ether oxygens (including phenoxy) is 3. The molecule has 0 saturated carbocycles. The Morgan fingerprint density at radius 1 is 1.04 bits per heavy atom. The Balaban J connectivity index is 2.05. The monoisotopic (exact) mass is 318 g/mol. The van der Waals surface area contributed by atoms with Gasteiger partial charge in [-0.05, 0) is 38.1 Å².